The number of methoxy groups -OCH3 is 1. The number of hydrogen-bond acceptors (Lipinski definition) is 5. The Hall–Kier alpha value is -2.68. The van der Waals surface area contributed by atoms with Gasteiger partial charge in [0.05, 0.1) is 18.4 Å². The Labute approximate surface area is 153 Å². The van der Waals surface area contributed by atoms with E-state index in [-0.39, 0.29) is 11.6 Å². The smallest absolute Gasteiger partial charge is 0.319 e. The molecule has 136 valence electrons. The fraction of sp³-hybridized carbons (Fsp3) is 0.235. The van der Waals surface area contributed by atoms with Gasteiger partial charge in [0.1, 0.15) is 11.6 Å². The van der Waals surface area contributed by atoms with Crippen molar-refractivity contribution in [2.24, 2.45) is 0 Å². The average molecular weight is 377 g/mol. The van der Waals surface area contributed by atoms with E-state index in [1.165, 1.54) is 24.2 Å². The molecule has 3 aromatic rings. The van der Waals surface area contributed by atoms with Crippen molar-refractivity contribution in [2.75, 3.05) is 7.11 Å². The van der Waals surface area contributed by atoms with Gasteiger partial charge in [-0.1, -0.05) is 30.0 Å². The van der Waals surface area contributed by atoms with Gasteiger partial charge in [0.25, 0.3) is 0 Å². The zero-order valence-corrected chi connectivity index (χ0v) is 14.9. The van der Waals surface area contributed by atoms with Gasteiger partial charge in [0, 0.05) is 18.9 Å². The van der Waals surface area contributed by atoms with Crippen molar-refractivity contribution in [3.05, 3.63) is 55.1 Å². The van der Waals surface area contributed by atoms with Crippen LogP contribution in [0.2, 0.25) is 0 Å². The minimum atomic E-state index is -2.62. The molecule has 0 saturated carbocycles. The molecule has 0 aliphatic rings. The number of allylic oxidation sites excluding steroid dienone is 1. The summed E-state index contributed by atoms with van der Waals surface area (Å²) in [5, 5.41) is 9.06. The molecule has 0 atom stereocenters. The van der Waals surface area contributed by atoms with Gasteiger partial charge in [-0.15, -0.1) is 16.8 Å². The summed E-state index contributed by atoms with van der Waals surface area (Å²) in [6, 6.07) is 7.49. The van der Waals surface area contributed by atoms with Crippen LogP contribution in [0.4, 0.5) is 8.78 Å². The van der Waals surface area contributed by atoms with Gasteiger partial charge in [-0.3, -0.25) is 9.13 Å². The second-order valence-corrected chi connectivity index (χ2v) is 6.17. The number of nitrogens with zero attached hydrogens (tertiary/aromatic N) is 5. The first-order chi connectivity index (χ1) is 12.7. The van der Waals surface area contributed by atoms with Crippen LogP contribution in [-0.2, 0) is 12.3 Å². The minimum absolute atomic E-state index is 0.249. The molecular weight excluding hydrogens is 360 g/mol. The molecule has 0 aliphatic heterocycles. The molecular formula is C17H17F2N5OS. The Balaban J connectivity index is 1.90. The highest BCUT2D eigenvalue weighted by Gasteiger charge is 2.18. The van der Waals surface area contributed by atoms with Crippen molar-refractivity contribution in [1.82, 2.24) is 24.3 Å². The maximum absolute atomic E-state index is 12.9. The second-order valence-electron chi connectivity index (χ2n) is 5.22. The molecule has 9 heteroatoms. The molecule has 0 N–H and O–H groups in total. The van der Waals surface area contributed by atoms with Crippen molar-refractivity contribution in [1.29, 1.82) is 0 Å². The van der Waals surface area contributed by atoms with E-state index in [1.54, 1.807) is 13.2 Å². The van der Waals surface area contributed by atoms with Crippen LogP contribution in [0.15, 0.2) is 54.5 Å². The Bertz CT molecular complexity index is 893. The van der Waals surface area contributed by atoms with E-state index in [1.807, 2.05) is 28.8 Å². The van der Waals surface area contributed by atoms with E-state index in [9.17, 15) is 8.78 Å². The molecule has 0 fully saturated rings. The SMILES string of the molecule is C=CCn1c(SCc2nccn2C(F)F)nnc1-c1ccccc1OC. The Morgan fingerprint density at radius 2 is 2.12 bits per heavy atom. The maximum Gasteiger partial charge on any atom is 0.319 e. The van der Waals surface area contributed by atoms with Gasteiger partial charge >= 0.3 is 6.55 Å². The average Bonchev–Trinajstić information content (AvgIpc) is 3.27. The van der Waals surface area contributed by atoms with Crippen LogP contribution in [0.25, 0.3) is 11.4 Å². The number of thioether (sulfide) groups is 1. The lowest BCUT2D eigenvalue weighted by Crippen LogP contribution is -2.04. The van der Waals surface area contributed by atoms with Crippen molar-refractivity contribution < 1.29 is 13.5 Å². The highest BCUT2D eigenvalue weighted by Crippen LogP contribution is 2.31. The van der Waals surface area contributed by atoms with Crippen molar-refractivity contribution in [3.63, 3.8) is 0 Å². The third kappa shape index (κ3) is 3.62. The van der Waals surface area contributed by atoms with Gasteiger partial charge in [-0.2, -0.15) is 8.78 Å². The predicted molar refractivity (Wildman–Crippen MR) is 95.2 cm³/mol. The number of aromatic nitrogens is 5. The Morgan fingerprint density at radius 1 is 1.31 bits per heavy atom. The monoisotopic (exact) mass is 377 g/mol. The summed E-state index contributed by atoms with van der Waals surface area (Å²) in [5.41, 5.74) is 0.797. The lowest BCUT2D eigenvalue weighted by Gasteiger charge is -2.11. The summed E-state index contributed by atoms with van der Waals surface area (Å²) in [6.07, 6.45) is 4.35. The summed E-state index contributed by atoms with van der Waals surface area (Å²) in [7, 11) is 1.59. The van der Waals surface area contributed by atoms with Gasteiger partial charge in [0.15, 0.2) is 11.0 Å². The lowest BCUT2D eigenvalue weighted by atomic mass is 10.2. The van der Waals surface area contributed by atoms with Crippen LogP contribution >= 0.6 is 11.8 Å². The number of alkyl halides is 2. The van der Waals surface area contributed by atoms with Gasteiger partial charge in [-0.25, -0.2) is 4.98 Å². The van der Waals surface area contributed by atoms with Gasteiger partial charge in [0.2, 0.25) is 0 Å². The molecule has 0 amide bonds. The molecule has 0 radical (unpaired) electrons. The molecule has 3 rings (SSSR count). The third-order valence-electron chi connectivity index (χ3n) is 3.67. The number of imidazole rings is 1. The first-order valence-corrected chi connectivity index (χ1v) is 8.74. The predicted octanol–water partition coefficient (Wildman–Crippen LogP) is 4.02. The van der Waals surface area contributed by atoms with E-state index in [4.69, 9.17) is 4.74 Å². The van der Waals surface area contributed by atoms with Crippen LogP contribution in [0.5, 0.6) is 5.75 Å². The lowest BCUT2D eigenvalue weighted by molar-refractivity contribution is 0.0678. The molecule has 2 aromatic heterocycles. The summed E-state index contributed by atoms with van der Waals surface area (Å²) >= 11 is 1.29. The number of benzene rings is 1. The number of ether oxygens (including phenoxy) is 1. The molecule has 0 unspecified atom stereocenters. The number of para-hydroxylation sites is 1. The first-order valence-electron chi connectivity index (χ1n) is 7.75. The summed E-state index contributed by atoms with van der Waals surface area (Å²) in [6.45, 7) is 1.63. The quantitative estimate of drug-likeness (QED) is 0.438. The highest BCUT2D eigenvalue weighted by atomic mass is 32.2. The van der Waals surface area contributed by atoms with E-state index in [0.717, 1.165) is 10.1 Å². The number of hydrogen-bond donors (Lipinski definition) is 0. The van der Waals surface area contributed by atoms with E-state index >= 15 is 0 Å². The number of rotatable bonds is 8. The van der Waals surface area contributed by atoms with Crippen molar-refractivity contribution in [3.8, 4) is 17.1 Å². The van der Waals surface area contributed by atoms with E-state index < -0.39 is 6.55 Å². The first kappa shape index (κ1) is 18.1. The van der Waals surface area contributed by atoms with Gasteiger partial charge in [-0.05, 0) is 12.1 Å². The second kappa shape index (κ2) is 8.13. The topological polar surface area (TPSA) is 57.8 Å². The van der Waals surface area contributed by atoms with E-state index in [0.29, 0.717) is 23.3 Å². The number of halogens is 2. The normalized spacial score (nSPS) is 11.1. The van der Waals surface area contributed by atoms with Crippen LogP contribution in [-0.4, -0.2) is 31.4 Å². The molecule has 2 heterocycles. The summed E-state index contributed by atoms with van der Waals surface area (Å²) in [5.74, 6) is 1.83. The molecule has 26 heavy (non-hydrogen) atoms. The largest absolute Gasteiger partial charge is 0.496 e. The summed E-state index contributed by atoms with van der Waals surface area (Å²) in [4.78, 5) is 3.99. The highest BCUT2D eigenvalue weighted by molar-refractivity contribution is 7.98. The molecule has 0 bridgehead atoms. The molecule has 0 aliphatic carbocycles. The molecule has 1 aromatic carbocycles. The third-order valence-corrected chi connectivity index (χ3v) is 4.63. The van der Waals surface area contributed by atoms with E-state index in [2.05, 4.69) is 21.8 Å². The zero-order chi connectivity index (χ0) is 18.5. The van der Waals surface area contributed by atoms with Crippen molar-refractivity contribution >= 4 is 11.8 Å². The molecule has 0 saturated heterocycles. The van der Waals surface area contributed by atoms with Crippen LogP contribution in [0, 0.1) is 0 Å². The van der Waals surface area contributed by atoms with Crippen LogP contribution in [0.1, 0.15) is 12.4 Å². The van der Waals surface area contributed by atoms with Crippen LogP contribution in [0.3, 0.4) is 0 Å². The maximum atomic E-state index is 12.9. The Kier molecular flexibility index (Phi) is 5.67. The minimum Gasteiger partial charge on any atom is -0.496 e. The zero-order valence-electron chi connectivity index (χ0n) is 14.0. The molecule has 6 nitrogen and oxygen atoms in total. The summed E-state index contributed by atoms with van der Waals surface area (Å²) < 4.78 is 34.0. The van der Waals surface area contributed by atoms with Gasteiger partial charge < -0.3 is 4.74 Å². The van der Waals surface area contributed by atoms with Crippen molar-refractivity contribution in [2.45, 2.75) is 24.0 Å². The Morgan fingerprint density at radius 3 is 2.85 bits per heavy atom. The fourth-order valence-electron chi connectivity index (χ4n) is 2.48. The fourth-order valence-corrected chi connectivity index (χ4v) is 3.38. The van der Waals surface area contributed by atoms with Crippen LogP contribution < -0.4 is 4.74 Å². The molecule has 0 spiro atoms. The standard InChI is InChI=1S/C17H17F2N5OS/c1-3-9-24-15(12-6-4-5-7-13(12)25-2)21-22-17(24)26-11-14-20-8-10-23(14)16(18)19/h3-8,10,16H,1,9,11H2,2H3.